The molecule has 3 N–H and O–H groups in total. The van der Waals surface area contributed by atoms with E-state index in [9.17, 15) is 9.18 Å². The van der Waals surface area contributed by atoms with Crippen molar-refractivity contribution in [1.29, 1.82) is 0 Å². The molecule has 2 aromatic carbocycles. The summed E-state index contributed by atoms with van der Waals surface area (Å²) < 4.78 is 18.9. The Labute approximate surface area is 196 Å². The number of hydrogen-bond donors (Lipinski definition) is 3. The van der Waals surface area contributed by atoms with Gasteiger partial charge in [-0.2, -0.15) is 0 Å². The lowest BCUT2D eigenvalue weighted by Gasteiger charge is -2.30. The third-order valence-electron chi connectivity index (χ3n) is 5.29. The van der Waals surface area contributed by atoms with E-state index >= 15 is 0 Å². The molecule has 8 heteroatoms. The average Bonchev–Trinajstić information content (AvgIpc) is 3.35. The lowest BCUT2D eigenvalue weighted by molar-refractivity contribution is 0.0456. The van der Waals surface area contributed by atoms with Crippen molar-refractivity contribution in [1.82, 2.24) is 20.3 Å². The number of alkyl carbamates (subject to hydrolysis) is 1. The molecule has 0 aliphatic heterocycles. The first-order chi connectivity index (χ1) is 15.5. The van der Waals surface area contributed by atoms with Gasteiger partial charge in [-0.05, 0) is 69.7 Å². The standard InChI is InChI=1S/C25H26ClFN4O2/c1-24(2,3)33-23(32)31-25(4,12-16-13-28-20-11-17(26)7-10-19(16)20)22-29-14-21(30-22)15-5-8-18(27)9-6-15/h5-11,13-14,28H,12H2,1-4H3,(H,29,30)(H,31,32)/t25-/m0/s1. The number of carbonyl (C=O) groups is 1. The molecular formula is C25H26ClFN4O2. The number of halogens is 2. The minimum Gasteiger partial charge on any atom is -0.444 e. The summed E-state index contributed by atoms with van der Waals surface area (Å²) in [6.07, 6.45) is 3.53. The Morgan fingerprint density at radius 2 is 1.82 bits per heavy atom. The highest BCUT2D eigenvalue weighted by Gasteiger charge is 2.35. The van der Waals surface area contributed by atoms with E-state index in [1.54, 1.807) is 18.3 Å². The average molecular weight is 469 g/mol. The quantitative estimate of drug-likeness (QED) is 0.320. The van der Waals surface area contributed by atoms with Gasteiger partial charge in [0.05, 0.1) is 5.69 Å². The maximum Gasteiger partial charge on any atom is 0.408 e. The van der Waals surface area contributed by atoms with Crippen molar-refractivity contribution in [2.24, 2.45) is 0 Å². The zero-order valence-electron chi connectivity index (χ0n) is 18.9. The van der Waals surface area contributed by atoms with Gasteiger partial charge in [0.15, 0.2) is 0 Å². The number of imidazole rings is 1. The Balaban J connectivity index is 1.71. The number of hydrogen-bond acceptors (Lipinski definition) is 3. The summed E-state index contributed by atoms with van der Waals surface area (Å²) in [5.41, 5.74) is 1.73. The number of carbonyl (C=O) groups excluding carboxylic acids is 1. The van der Waals surface area contributed by atoms with E-state index in [0.29, 0.717) is 23.0 Å². The lowest BCUT2D eigenvalue weighted by Crippen LogP contribution is -2.48. The Morgan fingerprint density at radius 1 is 1.09 bits per heavy atom. The second-order valence-corrected chi connectivity index (χ2v) is 9.72. The smallest absolute Gasteiger partial charge is 0.408 e. The lowest BCUT2D eigenvalue weighted by atomic mass is 9.91. The molecule has 4 aromatic rings. The number of fused-ring (bicyclic) bond motifs is 1. The van der Waals surface area contributed by atoms with Gasteiger partial charge in [-0.3, -0.25) is 0 Å². The molecule has 2 heterocycles. The Bertz CT molecular complexity index is 1290. The van der Waals surface area contributed by atoms with Gasteiger partial charge in [0.2, 0.25) is 0 Å². The third kappa shape index (κ3) is 5.20. The number of aromatic amines is 2. The summed E-state index contributed by atoms with van der Waals surface area (Å²) in [5, 5.41) is 4.64. The van der Waals surface area contributed by atoms with Gasteiger partial charge < -0.3 is 20.0 Å². The van der Waals surface area contributed by atoms with E-state index in [-0.39, 0.29) is 5.82 Å². The fourth-order valence-corrected chi connectivity index (χ4v) is 3.95. The largest absolute Gasteiger partial charge is 0.444 e. The predicted molar refractivity (Wildman–Crippen MR) is 128 cm³/mol. The molecule has 6 nitrogen and oxygen atoms in total. The number of benzene rings is 2. The summed E-state index contributed by atoms with van der Waals surface area (Å²) >= 11 is 6.13. The zero-order valence-corrected chi connectivity index (χ0v) is 19.7. The molecule has 0 radical (unpaired) electrons. The van der Waals surface area contributed by atoms with E-state index < -0.39 is 17.2 Å². The number of amides is 1. The monoisotopic (exact) mass is 468 g/mol. The van der Waals surface area contributed by atoms with E-state index in [1.165, 1.54) is 12.1 Å². The van der Waals surface area contributed by atoms with Crippen LogP contribution >= 0.6 is 11.6 Å². The van der Waals surface area contributed by atoms with Crippen LogP contribution in [0, 0.1) is 5.82 Å². The number of nitrogens with one attached hydrogen (secondary N) is 3. The van der Waals surface area contributed by atoms with Crippen molar-refractivity contribution in [3.63, 3.8) is 0 Å². The molecule has 1 atom stereocenters. The third-order valence-corrected chi connectivity index (χ3v) is 5.53. The van der Waals surface area contributed by atoms with E-state index in [2.05, 4.69) is 15.3 Å². The predicted octanol–water partition coefficient (Wildman–Crippen LogP) is 6.33. The van der Waals surface area contributed by atoms with Crippen LogP contribution in [0.4, 0.5) is 9.18 Å². The highest BCUT2D eigenvalue weighted by Crippen LogP contribution is 2.31. The van der Waals surface area contributed by atoms with Crippen LogP contribution < -0.4 is 5.32 Å². The normalized spacial score (nSPS) is 13.6. The van der Waals surface area contributed by atoms with E-state index in [1.807, 2.05) is 52.1 Å². The first-order valence-electron chi connectivity index (χ1n) is 10.6. The number of aromatic nitrogens is 3. The molecule has 0 unspecified atom stereocenters. The maximum atomic E-state index is 13.3. The zero-order chi connectivity index (χ0) is 23.8. The fourth-order valence-electron chi connectivity index (χ4n) is 3.77. The van der Waals surface area contributed by atoms with Crippen molar-refractivity contribution in [2.45, 2.75) is 45.3 Å². The fraction of sp³-hybridized carbons (Fsp3) is 0.280. The molecule has 33 heavy (non-hydrogen) atoms. The summed E-state index contributed by atoms with van der Waals surface area (Å²) in [5.74, 6) is 0.237. The molecule has 1 amide bonds. The number of nitrogens with zero attached hydrogens (tertiary/aromatic N) is 1. The van der Waals surface area contributed by atoms with Crippen LogP contribution in [-0.4, -0.2) is 26.6 Å². The molecule has 2 aromatic heterocycles. The Hall–Kier alpha value is -3.32. The molecule has 0 fully saturated rings. The van der Waals surface area contributed by atoms with Crippen LogP contribution in [0.5, 0.6) is 0 Å². The van der Waals surface area contributed by atoms with Gasteiger partial charge in [-0.1, -0.05) is 17.7 Å². The summed E-state index contributed by atoms with van der Waals surface area (Å²) in [6, 6.07) is 11.7. The second kappa shape index (κ2) is 8.56. The van der Waals surface area contributed by atoms with Crippen molar-refractivity contribution >= 4 is 28.6 Å². The molecule has 172 valence electrons. The van der Waals surface area contributed by atoms with Gasteiger partial charge >= 0.3 is 6.09 Å². The molecule has 0 aliphatic carbocycles. The van der Waals surface area contributed by atoms with Gasteiger partial charge in [0, 0.05) is 40.3 Å². The van der Waals surface area contributed by atoms with E-state index in [4.69, 9.17) is 21.3 Å². The van der Waals surface area contributed by atoms with Gasteiger partial charge in [0.25, 0.3) is 0 Å². The van der Waals surface area contributed by atoms with E-state index in [0.717, 1.165) is 22.0 Å². The first-order valence-corrected chi connectivity index (χ1v) is 11.0. The maximum absolute atomic E-state index is 13.3. The van der Waals surface area contributed by atoms with Crippen molar-refractivity contribution < 1.29 is 13.9 Å². The van der Waals surface area contributed by atoms with Crippen LogP contribution in [-0.2, 0) is 16.7 Å². The van der Waals surface area contributed by atoms with Crippen LogP contribution in [0.2, 0.25) is 5.02 Å². The summed E-state index contributed by atoms with van der Waals surface area (Å²) in [4.78, 5) is 23.9. The van der Waals surface area contributed by atoms with Crippen LogP contribution in [0.25, 0.3) is 22.2 Å². The van der Waals surface area contributed by atoms with Crippen LogP contribution in [0.15, 0.2) is 54.9 Å². The van der Waals surface area contributed by atoms with Gasteiger partial charge in [0.1, 0.15) is 22.8 Å². The molecule has 0 bridgehead atoms. The van der Waals surface area contributed by atoms with Crippen LogP contribution in [0.1, 0.15) is 39.1 Å². The highest BCUT2D eigenvalue weighted by molar-refractivity contribution is 6.31. The van der Waals surface area contributed by atoms with Crippen molar-refractivity contribution in [3.8, 4) is 11.3 Å². The highest BCUT2D eigenvalue weighted by atomic mass is 35.5. The number of H-pyrrole nitrogens is 2. The first kappa shape index (κ1) is 22.9. The van der Waals surface area contributed by atoms with Gasteiger partial charge in [-0.15, -0.1) is 0 Å². The topological polar surface area (TPSA) is 82.8 Å². The molecule has 4 rings (SSSR count). The minimum atomic E-state index is -0.921. The number of rotatable bonds is 5. The number of ether oxygens (including phenoxy) is 1. The van der Waals surface area contributed by atoms with Gasteiger partial charge in [-0.25, -0.2) is 14.2 Å². The Kier molecular flexibility index (Phi) is 5.93. The van der Waals surface area contributed by atoms with Crippen LogP contribution in [0.3, 0.4) is 0 Å². The van der Waals surface area contributed by atoms with Crippen molar-refractivity contribution in [2.75, 3.05) is 0 Å². The molecule has 0 saturated carbocycles. The molecule has 0 spiro atoms. The summed E-state index contributed by atoms with van der Waals surface area (Å²) in [6.45, 7) is 7.32. The molecular weight excluding hydrogens is 443 g/mol. The second-order valence-electron chi connectivity index (χ2n) is 9.28. The minimum absolute atomic E-state index is 0.314. The molecule has 0 aliphatic rings. The Morgan fingerprint density at radius 3 is 2.52 bits per heavy atom. The SMILES string of the molecule is CC(C)(C)OC(=O)N[C@@](C)(Cc1c[nH]c2cc(Cl)ccc12)c1nc(-c2ccc(F)cc2)c[nH]1. The van der Waals surface area contributed by atoms with Crippen molar-refractivity contribution in [3.05, 3.63) is 77.1 Å². The molecule has 0 saturated heterocycles. The summed E-state index contributed by atoms with van der Waals surface area (Å²) in [7, 11) is 0.